The molecule has 0 aromatic rings. The van der Waals surface area contributed by atoms with E-state index in [4.69, 9.17) is 19.9 Å². The SMILES string of the molecule is NCCS[C@@H]1O[C@H](CO)[C@@H](O)[C@H](S[C@@H]2O[C@H](CO)[C@@H](O)[C@H](S[C@@H]3O[C@H](CO)[C@@H](O)[C@H](O)[C@H]3O)[C@H]2O)[C@H]1O. The van der Waals surface area contributed by atoms with Gasteiger partial charge in [0.1, 0.15) is 65.1 Å². The van der Waals surface area contributed by atoms with E-state index < -0.39 is 108 Å². The average Bonchev–Trinajstić information content (AvgIpc) is 2.89. The number of hydrogen-bond acceptors (Lipinski definition) is 17. The fourth-order valence-corrected chi connectivity index (χ4v) is 8.47. The summed E-state index contributed by atoms with van der Waals surface area (Å²) < 4.78 is 16.8. The van der Waals surface area contributed by atoms with Crippen molar-refractivity contribution in [1.82, 2.24) is 0 Å². The molecule has 0 aromatic heterocycles. The molecule has 3 aliphatic rings. The van der Waals surface area contributed by atoms with Crippen molar-refractivity contribution in [1.29, 1.82) is 0 Å². The molecule has 3 heterocycles. The molecule has 3 aliphatic heterocycles. The molecule has 15 atom stereocenters. The molecule has 0 aliphatic carbocycles. The first-order valence-electron chi connectivity index (χ1n) is 11.8. The van der Waals surface area contributed by atoms with Gasteiger partial charge in [0, 0.05) is 12.3 Å². The topological polar surface area (TPSA) is 256 Å². The highest BCUT2D eigenvalue weighted by molar-refractivity contribution is 8.01. The van der Waals surface area contributed by atoms with E-state index in [2.05, 4.69) is 0 Å². The van der Waals surface area contributed by atoms with Crippen LogP contribution in [0.3, 0.4) is 0 Å². The lowest BCUT2D eigenvalue weighted by Gasteiger charge is -2.48. The molecule has 37 heavy (non-hydrogen) atoms. The van der Waals surface area contributed by atoms with E-state index in [0.29, 0.717) is 12.3 Å². The molecule has 17 heteroatoms. The first-order chi connectivity index (χ1) is 17.6. The Morgan fingerprint density at radius 3 is 1.38 bits per heavy atom. The molecule has 0 unspecified atom stereocenters. The molecule has 3 rings (SSSR count). The van der Waals surface area contributed by atoms with Gasteiger partial charge >= 0.3 is 0 Å². The smallest absolute Gasteiger partial charge is 0.132 e. The van der Waals surface area contributed by atoms with Crippen molar-refractivity contribution in [2.45, 2.75) is 87.8 Å². The Morgan fingerprint density at radius 1 is 0.514 bits per heavy atom. The predicted octanol–water partition coefficient (Wildman–Crippen LogP) is -5.44. The first-order valence-corrected chi connectivity index (χ1v) is 14.7. The summed E-state index contributed by atoms with van der Waals surface area (Å²) in [7, 11) is 0. The van der Waals surface area contributed by atoms with Gasteiger partial charge in [-0.05, 0) is 0 Å². The van der Waals surface area contributed by atoms with Crippen LogP contribution in [0.25, 0.3) is 0 Å². The molecule has 14 nitrogen and oxygen atoms in total. The zero-order valence-electron chi connectivity index (χ0n) is 19.7. The van der Waals surface area contributed by atoms with Crippen LogP contribution >= 0.6 is 35.3 Å². The Balaban J connectivity index is 1.78. The van der Waals surface area contributed by atoms with Gasteiger partial charge in [0.2, 0.25) is 0 Å². The van der Waals surface area contributed by atoms with Crippen molar-refractivity contribution in [2.75, 3.05) is 32.1 Å². The Labute approximate surface area is 226 Å². The van der Waals surface area contributed by atoms with Gasteiger partial charge in [-0.25, -0.2) is 0 Å². The summed E-state index contributed by atoms with van der Waals surface area (Å²) in [6.45, 7) is -1.54. The lowest BCUT2D eigenvalue weighted by atomic mass is 10.0. The van der Waals surface area contributed by atoms with Crippen molar-refractivity contribution in [3.05, 3.63) is 0 Å². The van der Waals surface area contributed by atoms with Crippen LogP contribution in [-0.2, 0) is 14.2 Å². The lowest BCUT2D eigenvalue weighted by molar-refractivity contribution is -0.206. The van der Waals surface area contributed by atoms with Crippen molar-refractivity contribution in [2.24, 2.45) is 5.73 Å². The zero-order valence-corrected chi connectivity index (χ0v) is 22.1. The van der Waals surface area contributed by atoms with Crippen LogP contribution in [0.2, 0.25) is 0 Å². The van der Waals surface area contributed by atoms with Crippen LogP contribution in [0, 0.1) is 0 Å². The van der Waals surface area contributed by atoms with Crippen molar-refractivity contribution in [3.8, 4) is 0 Å². The lowest BCUT2D eigenvalue weighted by Crippen LogP contribution is -2.62. The van der Waals surface area contributed by atoms with E-state index in [1.807, 2.05) is 0 Å². The molecule has 12 N–H and O–H groups in total. The van der Waals surface area contributed by atoms with Crippen LogP contribution in [0.15, 0.2) is 0 Å². The highest BCUT2D eigenvalue weighted by Gasteiger charge is 2.53. The third-order valence-electron chi connectivity index (χ3n) is 6.47. The number of aliphatic hydroxyl groups is 10. The Bertz CT molecular complexity index is 702. The van der Waals surface area contributed by atoms with E-state index in [-0.39, 0.29) is 0 Å². The van der Waals surface area contributed by atoms with Gasteiger partial charge in [0.25, 0.3) is 0 Å². The summed E-state index contributed by atoms with van der Waals surface area (Å²) in [6.07, 6.45) is -13.9. The monoisotopic (exact) mass is 595 g/mol. The van der Waals surface area contributed by atoms with Gasteiger partial charge in [0.15, 0.2) is 0 Å². The summed E-state index contributed by atoms with van der Waals surface area (Å²) in [5.41, 5.74) is 2.22. The standard InChI is InChI=1S/C20H37NO13S3/c21-1-2-35-18-14(30)16(10(26)7(4-23)32-18)37-20-15(31)17(11(27)8(5-24)34-20)36-19-13(29)12(28)9(25)6(3-22)33-19/h6-20,22-31H,1-5,21H2/t6-,7-,8-,9-,10-,11-,12+,13-,14-,15-,16+,17+,18+,19+,20+/m1/s1. The number of thioether (sulfide) groups is 3. The maximum Gasteiger partial charge on any atom is 0.132 e. The van der Waals surface area contributed by atoms with Crippen molar-refractivity contribution >= 4 is 35.3 Å². The number of hydrogen-bond donors (Lipinski definition) is 11. The van der Waals surface area contributed by atoms with Gasteiger partial charge in [0.05, 0.1) is 42.5 Å². The molecule has 3 fully saturated rings. The summed E-state index contributed by atoms with van der Waals surface area (Å²) in [6, 6.07) is 0. The van der Waals surface area contributed by atoms with Gasteiger partial charge in [-0.3, -0.25) is 0 Å². The van der Waals surface area contributed by atoms with Crippen LogP contribution in [0.4, 0.5) is 0 Å². The first kappa shape index (κ1) is 32.0. The van der Waals surface area contributed by atoms with Gasteiger partial charge in [-0.2, -0.15) is 0 Å². The van der Waals surface area contributed by atoms with E-state index >= 15 is 0 Å². The zero-order chi connectivity index (χ0) is 27.4. The number of ether oxygens (including phenoxy) is 3. The molecule has 3 saturated heterocycles. The molecule has 0 spiro atoms. The van der Waals surface area contributed by atoms with E-state index in [0.717, 1.165) is 23.5 Å². The maximum absolute atomic E-state index is 11.1. The third-order valence-corrected chi connectivity index (χ3v) is 10.7. The largest absolute Gasteiger partial charge is 0.394 e. The Morgan fingerprint density at radius 2 is 0.919 bits per heavy atom. The van der Waals surface area contributed by atoms with Crippen LogP contribution < -0.4 is 5.73 Å². The number of rotatable bonds is 10. The van der Waals surface area contributed by atoms with Crippen LogP contribution in [-0.4, -0.2) is 171 Å². The third kappa shape index (κ3) is 7.05. The fraction of sp³-hybridized carbons (Fsp3) is 1.00. The minimum Gasteiger partial charge on any atom is -0.394 e. The fourth-order valence-electron chi connectivity index (χ4n) is 4.35. The second-order valence-electron chi connectivity index (χ2n) is 8.97. The van der Waals surface area contributed by atoms with Crippen molar-refractivity contribution in [3.63, 3.8) is 0 Å². The molecule has 0 aromatic carbocycles. The minimum atomic E-state index is -1.66. The average molecular weight is 596 g/mol. The second-order valence-corrected chi connectivity index (χ2v) is 12.7. The summed E-state index contributed by atoms with van der Waals surface area (Å²) in [5, 5.41) is 101. The van der Waals surface area contributed by atoms with Gasteiger partial charge in [-0.1, -0.05) is 0 Å². The molecule has 0 bridgehead atoms. The quantitative estimate of drug-likeness (QED) is 0.113. The summed E-state index contributed by atoms with van der Waals surface area (Å²) in [5.74, 6) is 0.437. The minimum absolute atomic E-state index is 0.304. The maximum atomic E-state index is 11.1. The highest BCUT2D eigenvalue weighted by atomic mass is 32.2. The molecular formula is C20H37NO13S3. The van der Waals surface area contributed by atoms with E-state index in [9.17, 15) is 51.1 Å². The Kier molecular flexibility index (Phi) is 12.5. The van der Waals surface area contributed by atoms with E-state index in [1.165, 1.54) is 11.8 Å². The normalized spacial score (nSPS) is 49.2. The van der Waals surface area contributed by atoms with Crippen LogP contribution in [0.1, 0.15) is 0 Å². The number of aliphatic hydroxyl groups excluding tert-OH is 10. The Hall–Kier alpha value is 0.490. The summed E-state index contributed by atoms with van der Waals surface area (Å²) >= 11 is 2.76. The molecule has 0 amide bonds. The van der Waals surface area contributed by atoms with Crippen LogP contribution in [0.5, 0.6) is 0 Å². The molecule has 0 radical (unpaired) electrons. The summed E-state index contributed by atoms with van der Waals surface area (Å²) in [4.78, 5) is 0. The van der Waals surface area contributed by atoms with E-state index in [1.54, 1.807) is 0 Å². The van der Waals surface area contributed by atoms with Gasteiger partial charge < -0.3 is 71.0 Å². The van der Waals surface area contributed by atoms with Crippen molar-refractivity contribution < 1.29 is 65.3 Å². The molecular weight excluding hydrogens is 558 g/mol. The van der Waals surface area contributed by atoms with Gasteiger partial charge in [-0.15, -0.1) is 35.3 Å². The molecule has 0 saturated carbocycles. The number of nitrogens with two attached hydrogens (primary N) is 1. The highest BCUT2D eigenvalue weighted by Crippen LogP contribution is 2.43. The second kappa shape index (κ2) is 14.4. The predicted molar refractivity (Wildman–Crippen MR) is 134 cm³/mol. The molecule has 218 valence electrons.